The minimum absolute atomic E-state index is 0.100. The second-order valence-corrected chi connectivity index (χ2v) is 8.98. The Morgan fingerprint density at radius 3 is 2.15 bits per heavy atom. The maximum Gasteiger partial charge on any atom is 0.135 e. The number of aliphatic hydroxyl groups excluding tert-OH is 2. The average Bonchev–Trinajstić information content (AvgIpc) is 2.82. The molecule has 0 aromatic rings. The number of unbranched alkanes of at least 4 members (excludes halogenated alkanes) is 8. The molecule has 2 unspecified atom stereocenters. The van der Waals surface area contributed by atoms with E-state index in [2.05, 4.69) is 50.3 Å². The number of ketones is 1. The first-order chi connectivity index (χ1) is 16.1. The number of carbonyl (C=O) groups excluding carboxylic acids is 1. The van der Waals surface area contributed by atoms with Crippen LogP contribution in [0.4, 0.5) is 0 Å². The molecule has 2 N–H and O–H groups in total. The van der Waals surface area contributed by atoms with Gasteiger partial charge >= 0.3 is 0 Å². The van der Waals surface area contributed by atoms with E-state index in [9.17, 15) is 9.90 Å². The van der Waals surface area contributed by atoms with E-state index in [0.29, 0.717) is 12.8 Å². The summed E-state index contributed by atoms with van der Waals surface area (Å²) in [6.07, 6.45) is 28.8. The number of hydrogen-bond donors (Lipinski definition) is 2. The fourth-order valence-electron chi connectivity index (χ4n) is 3.64. The molecule has 0 rings (SSSR count). The van der Waals surface area contributed by atoms with Gasteiger partial charge in [0, 0.05) is 12.8 Å². The van der Waals surface area contributed by atoms with E-state index in [-0.39, 0.29) is 25.1 Å². The third-order valence-electron chi connectivity index (χ3n) is 5.68. The van der Waals surface area contributed by atoms with Crippen LogP contribution in [-0.4, -0.2) is 41.4 Å². The van der Waals surface area contributed by atoms with Crippen molar-refractivity contribution in [2.75, 3.05) is 13.2 Å². The summed E-state index contributed by atoms with van der Waals surface area (Å²) in [6, 6.07) is 0. The lowest BCUT2D eigenvalue weighted by Crippen LogP contribution is -2.26. The van der Waals surface area contributed by atoms with Gasteiger partial charge in [-0.3, -0.25) is 4.79 Å². The largest absolute Gasteiger partial charge is 0.394 e. The highest BCUT2D eigenvalue weighted by molar-refractivity contribution is 5.78. The first kappa shape index (κ1) is 31.8. The van der Waals surface area contributed by atoms with Gasteiger partial charge in [-0.2, -0.15) is 0 Å². The van der Waals surface area contributed by atoms with Crippen molar-refractivity contribution in [2.45, 2.75) is 129 Å². The van der Waals surface area contributed by atoms with E-state index in [0.717, 1.165) is 57.8 Å². The van der Waals surface area contributed by atoms with E-state index in [1.807, 2.05) is 0 Å². The second-order valence-electron chi connectivity index (χ2n) is 8.98. The maximum absolute atomic E-state index is 12.4. The molecule has 0 saturated heterocycles. The molecule has 33 heavy (non-hydrogen) atoms. The molecule has 0 fully saturated rings. The summed E-state index contributed by atoms with van der Waals surface area (Å²) in [5.74, 6) is 0.259. The minimum Gasteiger partial charge on any atom is -0.394 e. The van der Waals surface area contributed by atoms with Crippen LogP contribution in [-0.2, 0) is 9.53 Å². The molecular weight excluding hydrogens is 412 g/mol. The van der Waals surface area contributed by atoms with Gasteiger partial charge in [-0.25, -0.2) is 0 Å². The van der Waals surface area contributed by atoms with Crippen molar-refractivity contribution in [3.8, 4) is 0 Å². The van der Waals surface area contributed by atoms with E-state index in [4.69, 9.17) is 9.84 Å². The molecule has 0 spiro atoms. The zero-order valence-corrected chi connectivity index (χ0v) is 21.6. The molecule has 0 aliphatic rings. The molecule has 0 aliphatic carbocycles. The van der Waals surface area contributed by atoms with Crippen LogP contribution in [0.25, 0.3) is 0 Å². The molecule has 0 radical (unpaired) electrons. The van der Waals surface area contributed by atoms with Gasteiger partial charge in [0.1, 0.15) is 11.9 Å². The SMILES string of the molecule is CCC=CCC=CCC=CCCCCCCCC(=O)CC(CCCCCC)OCC(O)CO. The van der Waals surface area contributed by atoms with Crippen LogP contribution in [0.15, 0.2) is 36.5 Å². The first-order valence-corrected chi connectivity index (χ1v) is 13.5. The van der Waals surface area contributed by atoms with E-state index >= 15 is 0 Å². The number of aliphatic hydroxyl groups is 2. The Bertz CT molecular complexity index is 510. The van der Waals surface area contributed by atoms with E-state index < -0.39 is 6.10 Å². The third-order valence-corrected chi connectivity index (χ3v) is 5.68. The molecule has 0 amide bonds. The van der Waals surface area contributed by atoms with Crippen LogP contribution in [0, 0.1) is 0 Å². The zero-order chi connectivity index (χ0) is 24.4. The van der Waals surface area contributed by atoms with Crippen LogP contribution in [0.1, 0.15) is 117 Å². The number of rotatable bonds is 24. The molecule has 0 bridgehead atoms. The summed E-state index contributed by atoms with van der Waals surface area (Å²) < 4.78 is 5.73. The number of Topliss-reactive ketones (excluding diaryl/α,β-unsaturated/α-hetero) is 1. The van der Waals surface area contributed by atoms with Crippen molar-refractivity contribution in [1.29, 1.82) is 0 Å². The van der Waals surface area contributed by atoms with Gasteiger partial charge in [-0.15, -0.1) is 0 Å². The van der Waals surface area contributed by atoms with Gasteiger partial charge in [0.2, 0.25) is 0 Å². The predicted octanol–water partition coefficient (Wildman–Crippen LogP) is 7.24. The maximum atomic E-state index is 12.4. The van der Waals surface area contributed by atoms with Crippen LogP contribution >= 0.6 is 0 Å². The first-order valence-electron chi connectivity index (χ1n) is 13.5. The van der Waals surface area contributed by atoms with E-state index in [1.54, 1.807) is 0 Å². The van der Waals surface area contributed by atoms with Crippen molar-refractivity contribution in [3.05, 3.63) is 36.5 Å². The van der Waals surface area contributed by atoms with Gasteiger partial charge in [0.05, 0.1) is 19.3 Å². The molecule has 0 aliphatic heterocycles. The standard InChI is InChI=1S/C29H52O4/c1-3-5-7-9-10-11-12-13-14-15-16-17-18-19-20-22-27(31)24-29(23-21-8-6-4-2)33-26-28(32)25-30/h5,7,10-11,13-14,28-30,32H,3-4,6,8-9,12,15-26H2,1-2H3. The van der Waals surface area contributed by atoms with Gasteiger partial charge in [0.25, 0.3) is 0 Å². The van der Waals surface area contributed by atoms with Gasteiger partial charge in [-0.05, 0) is 44.9 Å². The fourth-order valence-corrected chi connectivity index (χ4v) is 3.64. The van der Waals surface area contributed by atoms with Crippen molar-refractivity contribution in [1.82, 2.24) is 0 Å². The Labute approximate surface area is 204 Å². The van der Waals surface area contributed by atoms with Crippen LogP contribution < -0.4 is 0 Å². The predicted molar refractivity (Wildman–Crippen MR) is 140 cm³/mol. The Morgan fingerprint density at radius 2 is 1.45 bits per heavy atom. The van der Waals surface area contributed by atoms with Crippen molar-refractivity contribution >= 4 is 5.78 Å². The summed E-state index contributed by atoms with van der Waals surface area (Å²) in [5, 5.41) is 18.5. The number of ether oxygens (including phenoxy) is 1. The molecule has 0 saturated carbocycles. The number of hydrogen-bond acceptors (Lipinski definition) is 4. The highest BCUT2D eigenvalue weighted by atomic mass is 16.5. The number of allylic oxidation sites excluding steroid dienone is 6. The Kier molecular flexibility index (Phi) is 24.4. The average molecular weight is 465 g/mol. The Balaban J connectivity index is 3.81. The summed E-state index contributed by atoms with van der Waals surface area (Å²) in [6.45, 7) is 4.13. The van der Waals surface area contributed by atoms with Crippen LogP contribution in [0.3, 0.4) is 0 Å². The summed E-state index contributed by atoms with van der Waals surface area (Å²) in [5.41, 5.74) is 0. The summed E-state index contributed by atoms with van der Waals surface area (Å²) >= 11 is 0. The molecule has 0 aromatic carbocycles. The quantitative estimate of drug-likeness (QED) is 0.117. The Hall–Kier alpha value is -1.23. The van der Waals surface area contributed by atoms with Crippen molar-refractivity contribution in [3.63, 3.8) is 0 Å². The normalized spacial score (nSPS) is 14.1. The topological polar surface area (TPSA) is 66.8 Å². The van der Waals surface area contributed by atoms with Crippen LogP contribution in [0.2, 0.25) is 0 Å². The van der Waals surface area contributed by atoms with Gasteiger partial charge in [0.15, 0.2) is 0 Å². The van der Waals surface area contributed by atoms with Crippen molar-refractivity contribution < 1.29 is 19.7 Å². The third kappa shape index (κ3) is 23.7. The molecular formula is C29H52O4. The van der Waals surface area contributed by atoms with E-state index in [1.165, 1.54) is 32.1 Å². The van der Waals surface area contributed by atoms with Crippen molar-refractivity contribution in [2.24, 2.45) is 0 Å². The smallest absolute Gasteiger partial charge is 0.135 e. The molecule has 4 nitrogen and oxygen atoms in total. The summed E-state index contributed by atoms with van der Waals surface area (Å²) in [4.78, 5) is 12.4. The van der Waals surface area contributed by atoms with Gasteiger partial charge < -0.3 is 14.9 Å². The fraction of sp³-hybridized carbons (Fsp3) is 0.759. The highest BCUT2D eigenvalue weighted by Crippen LogP contribution is 2.15. The lowest BCUT2D eigenvalue weighted by atomic mass is 10.0. The number of carbonyl (C=O) groups is 1. The molecule has 0 aromatic heterocycles. The zero-order valence-electron chi connectivity index (χ0n) is 21.6. The van der Waals surface area contributed by atoms with Gasteiger partial charge in [-0.1, -0.05) is 95.2 Å². The second kappa shape index (κ2) is 25.4. The molecule has 2 atom stereocenters. The lowest BCUT2D eigenvalue weighted by Gasteiger charge is -2.19. The minimum atomic E-state index is -0.863. The lowest BCUT2D eigenvalue weighted by molar-refractivity contribution is -0.123. The monoisotopic (exact) mass is 464 g/mol. The molecule has 192 valence electrons. The molecule has 4 heteroatoms. The summed E-state index contributed by atoms with van der Waals surface area (Å²) in [7, 11) is 0. The molecule has 0 heterocycles. The highest BCUT2D eigenvalue weighted by Gasteiger charge is 2.16. The Morgan fingerprint density at radius 1 is 0.818 bits per heavy atom. The van der Waals surface area contributed by atoms with Crippen LogP contribution in [0.5, 0.6) is 0 Å².